The van der Waals surface area contributed by atoms with E-state index < -0.39 is 0 Å². The van der Waals surface area contributed by atoms with Crippen LogP contribution in [0.25, 0.3) is 0 Å². The number of anilines is 2. The zero-order chi connectivity index (χ0) is 20.8. The van der Waals surface area contributed by atoms with E-state index in [9.17, 15) is 9.59 Å². The maximum atomic E-state index is 13.2. The molecule has 6 nitrogen and oxygen atoms in total. The van der Waals surface area contributed by atoms with E-state index in [0.29, 0.717) is 23.5 Å². The minimum absolute atomic E-state index is 0.205. The molecule has 3 aromatic rings. The zero-order valence-corrected chi connectivity index (χ0v) is 16.8. The highest BCUT2D eigenvalue weighted by molar-refractivity contribution is 6.06. The van der Waals surface area contributed by atoms with Gasteiger partial charge in [0.1, 0.15) is 5.69 Å². The van der Waals surface area contributed by atoms with Crippen molar-refractivity contribution in [3.63, 3.8) is 0 Å². The summed E-state index contributed by atoms with van der Waals surface area (Å²) in [7, 11) is 0. The Morgan fingerprint density at radius 1 is 1.10 bits per heavy atom. The second-order valence-corrected chi connectivity index (χ2v) is 7.88. The van der Waals surface area contributed by atoms with Crippen molar-refractivity contribution in [1.82, 2.24) is 10.3 Å². The maximum Gasteiger partial charge on any atom is 0.326 e. The lowest BCUT2D eigenvalue weighted by molar-refractivity contribution is 0.0956. The summed E-state index contributed by atoms with van der Waals surface area (Å²) in [5.74, 6) is 0.0487. The molecule has 2 aromatic carbocycles. The maximum absolute atomic E-state index is 13.2. The summed E-state index contributed by atoms with van der Waals surface area (Å²) in [5.41, 5.74) is 5.84. The molecule has 2 aliphatic heterocycles. The second kappa shape index (κ2) is 6.99. The van der Waals surface area contributed by atoms with Crippen LogP contribution in [-0.2, 0) is 0 Å². The Morgan fingerprint density at radius 3 is 2.63 bits per heavy atom. The van der Waals surface area contributed by atoms with E-state index in [1.54, 1.807) is 17.2 Å². The molecule has 0 radical (unpaired) electrons. The van der Waals surface area contributed by atoms with Crippen LogP contribution in [0, 0.1) is 6.92 Å². The van der Waals surface area contributed by atoms with Gasteiger partial charge >= 0.3 is 6.03 Å². The molecule has 0 unspecified atom stereocenters. The number of nitrogens with one attached hydrogen (secondary N) is 2. The monoisotopic (exact) mass is 398 g/mol. The van der Waals surface area contributed by atoms with Gasteiger partial charge in [0.2, 0.25) is 0 Å². The first-order valence-electron chi connectivity index (χ1n) is 10.1. The van der Waals surface area contributed by atoms with E-state index in [4.69, 9.17) is 0 Å². The number of carbonyl (C=O) groups is 2. The third-order valence-corrected chi connectivity index (χ3v) is 5.97. The molecule has 3 heterocycles. The van der Waals surface area contributed by atoms with Crippen LogP contribution < -0.4 is 15.5 Å². The van der Waals surface area contributed by atoms with E-state index in [2.05, 4.69) is 28.6 Å². The summed E-state index contributed by atoms with van der Waals surface area (Å²) in [6, 6.07) is 17.1. The molecule has 2 N–H and O–H groups in total. The van der Waals surface area contributed by atoms with Gasteiger partial charge in [-0.3, -0.25) is 14.7 Å². The number of amides is 3. The van der Waals surface area contributed by atoms with Crippen LogP contribution in [0.5, 0.6) is 0 Å². The van der Waals surface area contributed by atoms with Crippen LogP contribution in [-0.4, -0.2) is 23.5 Å². The summed E-state index contributed by atoms with van der Waals surface area (Å²) in [6.07, 6.45) is 1.56. The summed E-state index contributed by atoms with van der Waals surface area (Å²) in [5, 5.41) is 6.06. The third kappa shape index (κ3) is 2.84. The molecule has 0 spiro atoms. The first kappa shape index (κ1) is 18.4. The standard InChI is InChI=1S/C24H22N4O2/c1-14-7-3-4-9-17(14)21-20-18(11-12-25-22(20)23(29)27-21)26-24(30)28-13-15(2)16-8-5-6-10-19(16)28/h3-12,15,21H,13H2,1-2H3,(H,27,29)(H,25,26,30)/t15-,21+/m1/s1. The summed E-state index contributed by atoms with van der Waals surface area (Å²) in [6.45, 7) is 4.75. The molecule has 150 valence electrons. The zero-order valence-electron chi connectivity index (χ0n) is 16.8. The first-order valence-corrected chi connectivity index (χ1v) is 10.1. The topological polar surface area (TPSA) is 74.3 Å². The number of rotatable bonds is 2. The Kier molecular flexibility index (Phi) is 4.28. The second-order valence-electron chi connectivity index (χ2n) is 7.88. The number of fused-ring (bicyclic) bond motifs is 2. The Bertz CT molecular complexity index is 1170. The molecular weight excluding hydrogens is 376 g/mol. The average molecular weight is 398 g/mol. The molecule has 2 aliphatic rings. The van der Waals surface area contributed by atoms with Crippen LogP contribution in [0.4, 0.5) is 16.2 Å². The highest BCUT2D eigenvalue weighted by atomic mass is 16.2. The summed E-state index contributed by atoms with van der Waals surface area (Å²) >= 11 is 0. The van der Waals surface area contributed by atoms with Crippen molar-refractivity contribution >= 4 is 23.3 Å². The molecule has 0 fully saturated rings. The molecule has 2 atom stereocenters. The molecule has 3 amide bonds. The number of hydrogen-bond acceptors (Lipinski definition) is 3. The van der Waals surface area contributed by atoms with Gasteiger partial charge in [-0.05, 0) is 35.7 Å². The van der Waals surface area contributed by atoms with E-state index in [1.807, 2.05) is 49.4 Å². The van der Waals surface area contributed by atoms with Gasteiger partial charge in [0.05, 0.1) is 11.7 Å². The number of aromatic nitrogens is 1. The quantitative estimate of drug-likeness (QED) is 0.673. The summed E-state index contributed by atoms with van der Waals surface area (Å²) < 4.78 is 0. The molecule has 6 heteroatoms. The highest BCUT2D eigenvalue weighted by Gasteiger charge is 2.36. The van der Waals surface area contributed by atoms with Crippen molar-refractivity contribution in [3.8, 4) is 0 Å². The SMILES string of the molecule is Cc1ccccc1[C@@H]1NC(=O)c2nccc(NC(=O)N3C[C@@H](C)c4ccccc43)c21. The Balaban J connectivity index is 1.51. The van der Waals surface area contributed by atoms with Gasteiger partial charge in [-0.15, -0.1) is 0 Å². The molecule has 0 bridgehead atoms. The van der Waals surface area contributed by atoms with E-state index >= 15 is 0 Å². The lowest BCUT2D eigenvalue weighted by atomic mass is 9.95. The van der Waals surface area contributed by atoms with E-state index in [0.717, 1.165) is 16.8 Å². The summed E-state index contributed by atoms with van der Waals surface area (Å²) in [4.78, 5) is 31.8. The van der Waals surface area contributed by atoms with Crippen molar-refractivity contribution in [3.05, 3.63) is 88.7 Å². The van der Waals surface area contributed by atoms with Crippen LogP contribution in [0.15, 0.2) is 60.8 Å². The Morgan fingerprint density at radius 2 is 1.83 bits per heavy atom. The fraction of sp³-hybridized carbons (Fsp3) is 0.208. The van der Waals surface area contributed by atoms with Crippen LogP contribution in [0.3, 0.4) is 0 Å². The van der Waals surface area contributed by atoms with Gasteiger partial charge in [0.15, 0.2) is 0 Å². The number of pyridine rings is 1. The minimum Gasteiger partial charge on any atom is -0.340 e. The lowest BCUT2D eigenvalue weighted by Crippen LogP contribution is -2.34. The molecule has 0 saturated heterocycles. The molecule has 30 heavy (non-hydrogen) atoms. The number of aryl methyl sites for hydroxylation is 1. The number of carbonyl (C=O) groups excluding carboxylic acids is 2. The number of urea groups is 1. The third-order valence-electron chi connectivity index (χ3n) is 5.97. The van der Waals surface area contributed by atoms with Crippen molar-refractivity contribution in [2.75, 3.05) is 16.8 Å². The number of nitrogens with zero attached hydrogens (tertiary/aromatic N) is 2. The average Bonchev–Trinajstić information content (AvgIpc) is 3.27. The van der Waals surface area contributed by atoms with Gasteiger partial charge in [0.25, 0.3) is 5.91 Å². The smallest absolute Gasteiger partial charge is 0.326 e. The number of benzene rings is 2. The molecule has 1 aromatic heterocycles. The Labute approximate surface area is 174 Å². The molecule has 0 saturated carbocycles. The predicted octanol–water partition coefficient (Wildman–Crippen LogP) is 4.38. The van der Waals surface area contributed by atoms with Crippen molar-refractivity contribution in [1.29, 1.82) is 0 Å². The van der Waals surface area contributed by atoms with Crippen molar-refractivity contribution in [2.24, 2.45) is 0 Å². The lowest BCUT2D eigenvalue weighted by Gasteiger charge is -2.21. The van der Waals surface area contributed by atoms with Gasteiger partial charge in [-0.2, -0.15) is 0 Å². The Hall–Kier alpha value is -3.67. The van der Waals surface area contributed by atoms with Crippen molar-refractivity contribution in [2.45, 2.75) is 25.8 Å². The number of hydrogen-bond donors (Lipinski definition) is 2. The fourth-order valence-corrected chi connectivity index (χ4v) is 4.47. The number of para-hydroxylation sites is 1. The van der Waals surface area contributed by atoms with E-state index in [-0.39, 0.29) is 23.9 Å². The molecule has 5 rings (SSSR count). The van der Waals surface area contributed by atoms with Gasteiger partial charge in [-0.25, -0.2) is 4.79 Å². The van der Waals surface area contributed by atoms with Crippen LogP contribution in [0.2, 0.25) is 0 Å². The molecular formula is C24H22N4O2. The molecule has 0 aliphatic carbocycles. The van der Waals surface area contributed by atoms with Gasteiger partial charge in [-0.1, -0.05) is 49.4 Å². The van der Waals surface area contributed by atoms with Crippen molar-refractivity contribution < 1.29 is 9.59 Å². The van der Waals surface area contributed by atoms with Gasteiger partial charge < -0.3 is 10.6 Å². The van der Waals surface area contributed by atoms with Crippen LogP contribution >= 0.6 is 0 Å². The fourth-order valence-electron chi connectivity index (χ4n) is 4.47. The minimum atomic E-state index is -0.345. The first-order chi connectivity index (χ1) is 14.5. The largest absolute Gasteiger partial charge is 0.340 e. The normalized spacial score (nSPS) is 19.3. The highest BCUT2D eigenvalue weighted by Crippen LogP contribution is 2.38. The van der Waals surface area contributed by atoms with Gasteiger partial charge in [0, 0.05) is 29.9 Å². The van der Waals surface area contributed by atoms with Crippen LogP contribution in [0.1, 0.15) is 51.6 Å². The predicted molar refractivity (Wildman–Crippen MR) is 116 cm³/mol. The van der Waals surface area contributed by atoms with E-state index in [1.165, 1.54) is 5.56 Å².